The van der Waals surface area contributed by atoms with Gasteiger partial charge in [-0.15, -0.1) is 0 Å². The van der Waals surface area contributed by atoms with Crippen LogP contribution in [0.25, 0.3) is 0 Å². The lowest BCUT2D eigenvalue weighted by molar-refractivity contribution is -0.124. The topological polar surface area (TPSA) is 32.3 Å². The monoisotopic (exact) mass is 294 g/mol. The van der Waals surface area contributed by atoms with Crippen LogP contribution in [0.2, 0.25) is 0 Å². The van der Waals surface area contributed by atoms with Gasteiger partial charge in [-0.05, 0) is 66.3 Å². The number of nitrogens with one attached hydrogen (secondary N) is 1. The minimum Gasteiger partial charge on any atom is -0.353 e. The first-order valence-electron chi connectivity index (χ1n) is 8.74. The largest absolute Gasteiger partial charge is 0.353 e. The summed E-state index contributed by atoms with van der Waals surface area (Å²) in [6.07, 6.45) is 9.18. The molecule has 1 aliphatic heterocycles. The number of likely N-dealkylation sites (tertiary alicyclic amines) is 1. The summed E-state index contributed by atoms with van der Waals surface area (Å²) in [5.74, 6) is 0.790. The first kappa shape index (κ1) is 16.8. The van der Waals surface area contributed by atoms with E-state index in [0.29, 0.717) is 18.4 Å². The van der Waals surface area contributed by atoms with Crippen LogP contribution in [0.15, 0.2) is 0 Å². The fraction of sp³-hybridized carbons (Fsp3) is 0.944. The summed E-state index contributed by atoms with van der Waals surface area (Å²) < 4.78 is 0. The molecule has 1 N–H and O–H groups in total. The molecule has 1 aliphatic carbocycles. The van der Waals surface area contributed by atoms with Crippen LogP contribution in [-0.4, -0.2) is 35.0 Å². The Bertz CT molecular complexity index is 351. The van der Waals surface area contributed by atoms with Gasteiger partial charge in [0.15, 0.2) is 0 Å². The summed E-state index contributed by atoms with van der Waals surface area (Å²) in [7, 11) is 2.22. The molecule has 21 heavy (non-hydrogen) atoms. The predicted molar refractivity (Wildman–Crippen MR) is 88.3 cm³/mol. The molecule has 0 unspecified atom stereocenters. The van der Waals surface area contributed by atoms with Crippen molar-refractivity contribution in [2.75, 3.05) is 7.05 Å². The second-order valence-electron chi connectivity index (χ2n) is 8.56. The summed E-state index contributed by atoms with van der Waals surface area (Å²) in [4.78, 5) is 14.8. The molecule has 0 aromatic heterocycles. The lowest BCUT2D eigenvalue weighted by Gasteiger charge is -2.53. The maximum atomic E-state index is 12.4. The van der Waals surface area contributed by atoms with E-state index < -0.39 is 0 Å². The number of carbonyl (C=O) groups excluding carboxylic acids is 1. The number of hydrogen-bond donors (Lipinski definition) is 1. The van der Waals surface area contributed by atoms with E-state index in [4.69, 9.17) is 0 Å². The van der Waals surface area contributed by atoms with E-state index in [1.165, 1.54) is 32.1 Å². The molecule has 122 valence electrons. The van der Waals surface area contributed by atoms with Gasteiger partial charge < -0.3 is 5.32 Å². The van der Waals surface area contributed by atoms with E-state index in [2.05, 4.69) is 45.0 Å². The van der Waals surface area contributed by atoms with Crippen molar-refractivity contribution in [1.82, 2.24) is 10.2 Å². The van der Waals surface area contributed by atoms with Crippen LogP contribution in [0.4, 0.5) is 0 Å². The van der Waals surface area contributed by atoms with Crippen molar-refractivity contribution in [1.29, 1.82) is 0 Å². The molecule has 2 aliphatic rings. The van der Waals surface area contributed by atoms with Gasteiger partial charge in [-0.1, -0.05) is 19.3 Å². The van der Waals surface area contributed by atoms with Gasteiger partial charge in [0.2, 0.25) is 5.91 Å². The first-order chi connectivity index (χ1) is 9.71. The van der Waals surface area contributed by atoms with Crippen LogP contribution in [0, 0.1) is 5.92 Å². The smallest absolute Gasteiger partial charge is 0.220 e. The Morgan fingerprint density at radius 2 is 1.57 bits per heavy atom. The molecular formula is C18H34N2O. The van der Waals surface area contributed by atoms with Crippen LogP contribution < -0.4 is 5.32 Å². The van der Waals surface area contributed by atoms with Gasteiger partial charge >= 0.3 is 0 Å². The quantitative estimate of drug-likeness (QED) is 0.860. The average molecular weight is 294 g/mol. The van der Waals surface area contributed by atoms with Gasteiger partial charge in [0, 0.05) is 23.5 Å². The molecule has 3 nitrogen and oxygen atoms in total. The van der Waals surface area contributed by atoms with Gasteiger partial charge in [-0.2, -0.15) is 0 Å². The zero-order valence-corrected chi connectivity index (χ0v) is 14.7. The number of hydrogen-bond acceptors (Lipinski definition) is 2. The third kappa shape index (κ3) is 4.21. The van der Waals surface area contributed by atoms with E-state index in [-0.39, 0.29) is 17.0 Å². The van der Waals surface area contributed by atoms with E-state index in [1.807, 2.05) is 0 Å². The number of piperidine rings is 1. The average Bonchev–Trinajstić information content (AvgIpc) is 2.36. The highest BCUT2D eigenvalue weighted by Gasteiger charge is 2.43. The van der Waals surface area contributed by atoms with Gasteiger partial charge in [-0.3, -0.25) is 9.69 Å². The number of carbonyl (C=O) groups is 1. The zero-order chi connectivity index (χ0) is 15.7. The molecule has 2 fully saturated rings. The van der Waals surface area contributed by atoms with Crippen molar-refractivity contribution >= 4 is 5.91 Å². The molecule has 0 aromatic carbocycles. The molecule has 1 saturated heterocycles. The van der Waals surface area contributed by atoms with Crippen LogP contribution in [0.1, 0.15) is 79.1 Å². The maximum absolute atomic E-state index is 12.4. The van der Waals surface area contributed by atoms with Crippen molar-refractivity contribution in [3.8, 4) is 0 Å². The molecule has 1 amide bonds. The molecule has 0 bridgehead atoms. The summed E-state index contributed by atoms with van der Waals surface area (Å²) in [5, 5.41) is 3.28. The van der Waals surface area contributed by atoms with E-state index in [0.717, 1.165) is 12.8 Å². The second-order valence-corrected chi connectivity index (χ2v) is 8.56. The van der Waals surface area contributed by atoms with Gasteiger partial charge in [0.1, 0.15) is 0 Å². The Kier molecular flexibility index (Phi) is 5.02. The maximum Gasteiger partial charge on any atom is 0.220 e. The molecule has 0 atom stereocenters. The minimum absolute atomic E-state index is 0.178. The molecule has 1 saturated carbocycles. The Hall–Kier alpha value is -0.570. The van der Waals surface area contributed by atoms with Crippen molar-refractivity contribution in [3.63, 3.8) is 0 Å². The SMILES string of the molecule is CN1C(C)(C)CC(CC(=O)NC2CCCCC2)CC1(C)C. The highest BCUT2D eigenvalue weighted by Crippen LogP contribution is 2.41. The molecule has 0 spiro atoms. The summed E-state index contributed by atoms with van der Waals surface area (Å²) >= 11 is 0. The van der Waals surface area contributed by atoms with Crippen molar-refractivity contribution in [2.24, 2.45) is 5.92 Å². The lowest BCUT2D eigenvalue weighted by atomic mass is 9.73. The number of amides is 1. The molecule has 1 heterocycles. The van der Waals surface area contributed by atoms with E-state index in [9.17, 15) is 4.79 Å². The highest BCUT2D eigenvalue weighted by atomic mass is 16.1. The Labute approximate surface area is 130 Å². The Morgan fingerprint density at radius 1 is 1.05 bits per heavy atom. The normalized spacial score (nSPS) is 27.5. The van der Waals surface area contributed by atoms with Crippen molar-refractivity contribution in [3.05, 3.63) is 0 Å². The van der Waals surface area contributed by atoms with Crippen molar-refractivity contribution in [2.45, 2.75) is 96.2 Å². The minimum atomic E-state index is 0.178. The number of rotatable bonds is 3. The van der Waals surface area contributed by atoms with Crippen molar-refractivity contribution < 1.29 is 4.79 Å². The van der Waals surface area contributed by atoms with Gasteiger partial charge in [-0.25, -0.2) is 0 Å². The second kappa shape index (κ2) is 6.28. The van der Waals surface area contributed by atoms with Crippen LogP contribution in [0.3, 0.4) is 0 Å². The standard InChI is InChI=1S/C18H34N2O/c1-17(2)12-14(13-18(3,4)20(17)5)11-16(21)19-15-9-7-6-8-10-15/h14-15H,6-13H2,1-5H3,(H,19,21). The molecule has 0 radical (unpaired) electrons. The fourth-order valence-corrected chi connectivity index (χ4v) is 4.52. The summed E-state index contributed by atoms with van der Waals surface area (Å²) in [6.45, 7) is 9.22. The molecule has 2 rings (SSSR count). The lowest BCUT2D eigenvalue weighted by Crippen LogP contribution is -2.58. The van der Waals surface area contributed by atoms with Crippen LogP contribution in [0.5, 0.6) is 0 Å². The van der Waals surface area contributed by atoms with E-state index >= 15 is 0 Å². The fourth-order valence-electron chi connectivity index (χ4n) is 4.52. The van der Waals surface area contributed by atoms with Crippen LogP contribution in [-0.2, 0) is 4.79 Å². The Balaban J connectivity index is 1.88. The summed E-state index contributed by atoms with van der Waals surface area (Å²) in [5.41, 5.74) is 0.356. The summed E-state index contributed by atoms with van der Waals surface area (Å²) in [6, 6.07) is 0.443. The highest BCUT2D eigenvalue weighted by molar-refractivity contribution is 5.76. The Morgan fingerprint density at radius 3 is 2.10 bits per heavy atom. The first-order valence-corrected chi connectivity index (χ1v) is 8.74. The third-order valence-electron chi connectivity index (χ3n) is 5.84. The zero-order valence-electron chi connectivity index (χ0n) is 14.7. The van der Waals surface area contributed by atoms with Gasteiger partial charge in [0.05, 0.1) is 0 Å². The molecule has 0 aromatic rings. The molecular weight excluding hydrogens is 260 g/mol. The number of nitrogens with zero attached hydrogens (tertiary/aromatic N) is 1. The molecule has 3 heteroatoms. The predicted octanol–water partition coefficient (Wildman–Crippen LogP) is 3.72. The van der Waals surface area contributed by atoms with E-state index in [1.54, 1.807) is 0 Å². The van der Waals surface area contributed by atoms with Crippen LogP contribution >= 0.6 is 0 Å². The third-order valence-corrected chi connectivity index (χ3v) is 5.84. The van der Waals surface area contributed by atoms with Gasteiger partial charge in [0.25, 0.3) is 0 Å².